The number of unbranched alkanes of at least 4 members (excludes halogenated alkanes) is 47. The summed E-state index contributed by atoms with van der Waals surface area (Å²) in [7, 11) is 0. The second-order valence-corrected chi connectivity index (χ2v) is 24.1. The van der Waals surface area contributed by atoms with Crippen molar-refractivity contribution in [2.75, 3.05) is 13.2 Å². The molecular formula is C74H136O6. The summed E-state index contributed by atoms with van der Waals surface area (Å²) in [5, 5.41) is 0. The van der Waals surface area contributed by atoms with Crippen LogP contribution in [-0.2, 0) is 28.6 Å². The van der Waals surface area contributed by atoms with Crippen molar-refractivity contribution in [1.82, 2.24) is 0 Å². The minimum Gasteiger partial charge on any atom is -0.462 e. The molecule has 0 radical (unpaired) electrons. The third kappa shape index (κ3) is 66.2. The Bertz CT molecular complexity index is 1380. The van der Waals surface area contributed by atoms with Crippen molar-refractivity contribution in [1.29, 1.82) is 0 Å². The molecule has 0 aliphatic rings. The molecule has 0 saturated heterocycles. The van der Waals surface area contributed by atoms with Gasteiger partial charge in [-0.2, -0.15) is 0 Å². The predicted molar refractivity (Wildman–Crippen MR) is 349 cm³/mol. The maximum Gasteiger partial charge on any atom is 0.306 e. The summed E-state index contributed by atoms with van der Waals surface area (Å²) >= 11 is 0. The van der Waals surface area contributed by atoms with Crippen LogP contribution in [0.15, 0.2) is 48.6 Å². The van der Waals surface area contributed by atoms with Gasteiger partial charge in [0, 0.05) is 19.3 Å². The first-order valence-electron chi connectivity index (χ1n) is 35.6. The van der Waals surface area contributed by atoms with Gasteiger partial charge in [-0.1, -0.05) is 339 Å². The Morgan fingerprint density at radius 2 is 0.475 bits per heavy atom. The molecule has 0 saturated carbocycles. The first kappa shape index (κ1) is 77.4. The molecule has 0 aromatic rings. The normalized spacial score (nSPS) is 12.3. The minimum atomic E-state index is -0.775. The summed E-state index contributed by atoms with van der Waals surface area (Å²) in [6.45, 7) is 6.61. The van der Waals surface area contributed by atoms with Crippen LogP contribution in [0.2, 0.25) is 0 Å². The molecule has 1 unspecified atom stereocenters. The lowest BCUT2D eigenvalue weighted by molar-refractivity contribution is -0.167. The molecule has 0 rings (SSSR count). The zero-order chi connectivity index (χ0) is 57.8. The van der Waals surface area contributed by atoms with Gasteiger partial charge in [-0.3, -0.25) is 14.4 Å². The van der Waals surface area contributed by atoms with Gasteiger partial charge >= 0.3 is 17.9 Å². The fraction of sp³-hybridized carbons (Fsp3) is 0.851. The number of carbonyl (C=O) groups is 3. The molecule has 0 aliphatic carbocycles. The van der Waals surface area contributed by atoms with Crippen molar-refractivity contribution >= 4 is 17.9 Å². The van der Waals surface area contributed by atoms with Gasteiger partial charge in [0.15, 0.2) is 6.10 Å². The molecule has 6 heteroatoms. The average molecular weight is 1120 g/mol. The fourth-order valence-corrected chi connectivity index (χ4v) is 10.7. The molecule has 1 atom stereocenters. The van der Waals surface area contributed by atoms with Crippen LogP contribution in [0.3, 0.4) is 0 Å². The molecule has 468 valence electrons. The summed E-state index contributed by atoms with van der Waals surface area (Å²) in [6.07, 6.45) is 87.4. The van der Waals surface area contributed by atoms with E-state index in [-0.39, 0.29) is 31.1 Å². The third-order valence-electron chi connectivity index (χ3n) is 16.0. The number of allylic oxidation sites excluding steroid dienone is 8. The molecule has 0 aromatic carbocycles. The molecule has 0 aliphatic heterocycles. The van der Waals surface area contributed by atoms with E-state index in [1.165, 1.54) is 257 Å². The molecule has 0 aromatic heterocycles. The highest BCUT2D eigenvalue weighted by Crippen LogP contribution is 2.18. The highest BCUT2D eigenvalue weighted by molar-refractivity contribution is 5.71. The average Bonchev–Trinajstić information content (AvgIpc) is 3.46. The van der Waals surface area contributed by atoms with E-state index in [4.69, 9.17) is 14.2 Å². The second kappa shape index (κ2) is 68.9. The number of hydrogen-bond donors (Lipinski definition) is 0. The maximum atomic E-state index is 12.9. The van der Waals surface area contributed by atoms with Gasteiger partial charge in [0.2, 0.25) is 0 Å². The van der Waals surface area contributed by atoms with Crippen LogP contribution in [0, 0.1) is 0 Å². The Morgan fingerprint density at radius 1 is 0.250 bits per heavy atom. The standard InChI is InChI=1S/C74H136O6/c1-4-7-10-13-16-19-22-25-27-28-29-30-31-32-33-34-35-36-37-38-39-40-41-42-43-44-45-46-47-50-52-55-58-61-64-67-73(76)79-70-71(69-78-72(75)66-63-60-57-54-51-48-24-21-18-15-12-9-6-3)80-74(77)68-65-62-59-56-53-49-26-23-20-17-14-11-8-5-2/h12,15,21-22,24-25,28-29,71H,4-11,13-14,16-20,23,26-27,30-70H2,1-3H3/b15-12-,24-21-,25-22-,29-28-. The van der Waals surface area contributed by atoms with Gasteiger partial charge in [0.05, 0.1) is 0 Å². The van der Waals surface area contributed by atoms with Gasteiger partial charge in [-0.15, -0.1) is 0 Å². The number of ether oxygens (including phenoxy) is 3. The Morgan fingerprint density at radius 3 is 0.738 bits per heavy atom. The summed E-state index contributed by atoms with van der Waals surface area (Å²) in [5.41, 5.74) is 0. The van der Waals surface area contributed by atoms with Crippen molar-refractivity contribution in [3.8, 4) is 0 Å². The van der Waals surface area contributed by atoms with Crippen LogP contribution < -0.4 is 0 Å². The predicted octanol–water partition coefficient (Wildman–Crippen LogP) is 24.5. The Balaban J connectivity index is 4.04. The van der Waals surface area contributed by atoms with Gasteiger partial charge in [-0.25, -0.2) is 0 Å². The van der Waals surface area contributed by atoms with Gasteiger partial charge < -0.3 is 14.2 Å². The minimum absolute atomic E-state index is 0.0718. The largest absolute Gasteiger partial charge is 0.462 e. The highest BCUT2D eigenvalue weighted by atomic mass is 16.6. The van der Waals surface area contributed by atoms with Crippen LogP contribution in [0.1, 0.15) is 387 Å². The summed E-state index contributed by atoms with van der Waals surface area (Å²) < 4.78 is 16.9. The summed E-state index contributed by atoms with van der Waals surface area (Å²) in [5.74, 6) is -0.862. The van der Waals surface area contributed by atoms with Crippen molar-refractivity contribution in [3.63, 3.8) is 0 Å². The fourth-order valence-electron chi connectivity index (χ4n) is 10.7. The van der Waals surface area contributed by atoms with E-state index in [2.05, 4.69) is 69.4 Å². The zero-order valence-corrected chi connectivity index (χ0v) is 53.9. The topological polar surface area (TPSA) is 78.9 Å². The summed E-state index contributed by atoms with van der Waals surface area (Å²) in [6, 6.07) is 0. The number of hydrogen-bond acceptors (Lipinski definition) is 6. The zero-order valence-electron chi connectivity index (χ0n) is 53.9. The molecule has 0 amide bonds. The summed E-state index contributed by atoms with van der Waals surface area (Å²) in [4.78, 5) is 38.3. The molecule has 80 heavy (non-hydrogen) atoms. The molecular weight excluding hydrogens is 985 g/mol. The molecule has 0 bridgehead atoms. The number of carbonyl (C=O) groups excluding carboxylic acids is 3. The lowest BCUT2D eigenvalue weighted by atomic mass is 10.0. The quantitative estimate of drug-likeness (QED) is 0.0261. The third-order valence-corrected chi connectivity index (χ3v) is 16.0. The van der Waals surface area contributed by atoms with Crippen molar-refractivity contribution in [2.45, 2.75) is 393 Å². The van der Waals surface area contributed by atoms with Crippen molar-refractivity contribution < 1.29 is 28.6 Å². The Labute approximate surface area is 498 Å². The smallest absolute Gasteiger partial charge is 0.306 e. The molecule has 0 spiro atoms. The van der Waals surface area contributed by atoms with E-state index < -0.39 is 6.10 Å². The maximum absolute atomic E-state index is 12.9. The van der Waals surface area contributed by atoms with Gasteiger partial charge in [0.25, 0.3) is 0 Å². The molecule has 0 heterocycles. The SMILES string of the molecule is CCC/C=C\C/C=C\CCCCCCCC(=O)OCC(COC(=O)CCCCCCCCCCCCCCCCCCCCCCCCC/C=C\C/C=C\CCCCCCC)OC(=O)CCCCCCCCCCCCCCCC. The van der Waals surface area contributed by atoms with Crippen LogP contribution >= 0.6 is 0 Å². The first-order chi connectivity index (χ1) is 39.5. The van der Waals surface area contributed by atoms with E-state index in [0.717, 1.165) is 89.9 Å². The van der Waals surface area contributed by atoms with Gasteiger partial charge in [0.1, 0.15) is 13.2 Å². The molecule has 0 fully saturated rings. The van der Waals surface area contributed by atoms with Crippen LogP contribution in [-0.4, -0.2) is 37.2 Å². The van der Waals surface area contributed by atoms with E-state index in [1.54, 1.807) is 0 Å². The monoisotopic (exact) mass is 1120 g/mol. The molecule has 6 nitrogen and oxygen atoms in total. The lowest BCUT2D eigenvalue weighted by Gasteiger charge is -2.18. The number of esters is 3. The van der Waals surface area contributed by atoms with Gasteiger partial charge in [-0.05, 0) is 77.0 Å². The van der Waals surface area contributed by atoms with Crippen molar-refractivity contribution in [2.24, 2.45) is 0 Å². The van der Waals surface area contributed by atoms with Crippen LogP contribution in [0.5, 0.6) is 0 Å². The lowest BCUT2D eigenvalue weighted by Crippen LogP contribution is -2.30. The van der Waals surface area contributed by atoms with Crippen molar-refractivity contribution in [3.05, 3.63) is 48.6 Å². The second-order valence-electron chi connectivity index (χ2n) is 24.1. The highest BCUT2D eigenvalue weighted by Gasteiger charge is 2.19. The van der Waals surface area contributed by atoms with E-state index in [0.29, 0.717) is 19.3 Å². The van der Waals surface area contributed by atoms with E-state index in [9.17, 15) is 14.4 Å². The first-order valence-corrected chi connectivity index (χ1v) is 35.6. The van der Waals surface area contributed by atoms with Crippen LogP contribution in [0.4, 0.5) is 0 Å². The Hall–Kier alpha value is -2.63. The Kier molecular flexibility index (Phi) is 66.6. The van der Waals surface area contributed by atoms with E-state index in [1.807, 2.05) is 0 Å². The number of rotatable bonds is 66. The van der Waals surface area contributed by atoms with Crippen LogP contribution in [0.25, 0.3) is 0 Å². The molecule has 0 N–H and O–H groups in total. The van der Waals surface area contributed by atoms with E-state index >= 15 is 0 Å².